The summed E-state index contributed by atoms with van der Waals surface area (Å²) < 4.78 is 16.2. The number of hydrogen-bond acceptors (Lipinski definition) is 5. The minimum absolute atomic E-state index is 0.00736. The number of amides is 1. The predicted octanol–water partition coefficient (Wildman–Crippen LogP) is 2.51. The van der Waals surface area contributed by atoms with Gasteiger partial charge < -0.3 is 19.1 Å². The first-order chi connectivity index (χ1) is 12.1. The third-order valence-electron chi connectivity index (χ3n) is 5.02. The number of hydrogen-bond donors (Lipinski definition) is 0. The number of esters is 1. The van der Waals surface area contributed by atoms with E-state index in [0.29, 0.717) is 18.7 Å². The minimum atomic E-state index is -0.394. The Labute approximate surface area is 148 Å². The van der Waals surface area contributed by atoms with E-state index in [1.807, 2.05) is 18.2 Å². The first kappa shape index (κ1) is 17.6. The van der Waals surface area contributed by atoms with Crippen LogP contribution in [0.5, 0.6) is 11.5 Å². The van der Waals surface area contributed by atoms with Crippen LogP contribution in [0.3, 0.4) is 0 Å². The Morgan fingerprint density at radius 1 is 1.20 bits per heavy atom. The lowest BCUT2D eigenvalue weighted by molar-refractivity contribution is -0.145. The van der Waals surface area contributed by atoms with Gasteiger partial charge in [0.15, 0.2) is 11.5 Å². The van der Waals surface area contributed by atoms with Gasteiger partial charge in [-0.25, -0.2) is 0 Å². The third kappa shape index (κ3) is 4.06. The summed E-state index contributed by atoms with van der Waals surface area (Å²) in [6, 6.07) is 5.85. The quantitative estimate of drug-likeness (QED) is 0.740. The average molecular weight is 347 g/mol. The summed E-state index contributed by atoms with van der Waals surface area (Å²) in [4.78, 5) is 25.1. The lowest BCUT2D eigenvalue weighted by Gasteiger charge is -2.19. The molecule has 25 heavy (non-hydrogen) atoms. The molecule has 1 saturated heterocycles. The number of ether oxygens (including phenoxy) is 3. The van der Waals surface area contributed by atoms with Gasteiger partial charge in [-0.15, -0.1) is 0 Å². The first-order valence-corrected chi connectivity index (χ1v) is 8.80. The number of carbonyl (C=O) groups is 2. The molecule has 1 aromatic rings. The number of carbonyl (C=O) groups excluding carboxylic acids is 2. The Kier molecular flexibility index (Phi) is 5.46. The van der Waals surface area contributed by atoms with Crippen LogP contribution >= 0.6 is 0 Å². The summed E-state index contributed by atoms with van der Waals surface area (Å²) in [6.07, 6.45) is 5.18. The molecule has 0 aromatic heterocycles. The standard InChI is InChI=1S/C19H25NO5/c1-23-16-8-7-13(9-17(16)25-15-5-3-4-6-15)14-10-18(21)20(11-14)12-19(22)24-2/h7-9,14-15H,3-6,10-12H2,1-2H3/t14-/m0/s1. The lowest BCUT2D eigenvalue weighted by atomic mass is 9.98. The lowest BCUT2D eigenvalue weighted by Crippen LogP contribution is -2.31. The van der Waals surface area contributed by atoms with Gasteiger partial charge in [0.2, 0.25) is 5.91 Å². The van der Waals surface area contributed by atoms with Crippen LogP contribution in [0.15, 0.2) is 18.2 Å². The second-order valence-electron chi connectivity index (χ2n) is 6.69. The van der Waals surface area contributed by atoms with E-state index in [-0.39, 0.29) is 24.5 Å². The molecule has 6 heteroatoms. The predicted molar refractivity (Wildman–Crippen MR) is 91.8 cm³/mol. The second kappa shape index (κ2) is 7.76. The van der Waals surface area contributed by atoms with Gasteiger partial charge in [0, 0.05) is 18.9 Å². The van der Waals surface area contributed by atoms with Crippen LogP contribution in [0.25, 0.3) is 0 Å². The molecule has 3 rings (SSSR count). The SMILES string of the molecule is COC(=O)CN1C[C@@H](c2ccc(OC)c(OC3CCCC3)c2)CC1=O. The van der Waals surface area contributed by atoms with E-state index in [9.17, 15) is 9.59 Å². The van der Waals surface area contributed by atoms with Crippen molar-refractivity contribution in [3.8, 4) is 11.5 Å². The summed E-state index contributed by atoms with van der Waals surface area (Å²) in [5.74, 6) is 1.09. The van der Waals surface area contributed by atoms with E-state index in [0.717, 1.165) is 24.2 Å². The topological polar surface area (TPSA) is 65.1 Å². The van der Waals surface area contributed by atoms with Crippen LogP contribution in [-0.2, 0) is 14.3 Å². The van der Waals surface area contributed by atoms with Crippen LogP contribution in [-0.4, -0.2) is 50.2 Å². The summed E-state index contributed by atoms with van der Waals surface area (Å²) in [5.41, 5.74) is 1.04. The Balaban J connectivity index is 1.73. The zero-order valence-corrected chi connectivity index (χ0v) is 14.8. The van der Waals surface area contributed by atoms with Gasteiger partial charge in [-0.2, -0.15) is 0 Å². The van der Waals surface area contributed by atoms with E-state index in [4.69, 9.17) is 9.47 Å². The van der Waals surface area contributed by atoms with E-state index in [1.54, 1.807) is 12.0 Å². The van der Waals surface area contributed by atoms with Gasteiger partial charge in [0.1, 0.15) is 6.54 Å². The van der Waals surface area contributed by atoms with Gasteiger partial charge in [-0.3, -0.25) is 9.59 Å². The maximum absolute atomic E-state index is 12.2. The zero-order valence-electron chi connectivity index (χ0n) is 14.8. The Morgan fingerprint density at radius 2 is 1.96 bits per heavy atom. The van der Waals surface area contributed by atoms with E-state index >= 15 is 0 Å². The van der Waals surface area contributed by atoms with Gasteiger partial charge in [0.25, 0.3) is 0 Å². The normalized spacial score (nSPS) is 20.8. The molecule has 1 amide bonds. The molecule has 6 nitrogen and oxygen atoms in total. The molecule has 1 aliphatic carbocycles. The highest BCUT2D eigenvalue weighted by Gasteiger charge is 2.32. The summed E-state index contributed by atoms with van der Waals surface area (Å²) in [7, 11) is 2.96. The van der Waals surface area contributed by atoms with Crippen molar-refractivity contribution in [3.63, 3.8) is 0 Å². The fourth-order valence-electron chi connectivity index (χ4n) is 3.59. The van der Waals surface area contributed by atoms with Crippen molar-refractivity contribution in [1.29, 1.82) is 0 Å². The highest BCUT2D eigenvalue weighted by atomic mass is 16.5. The first-order valence-electron chi connectivity index (χ1n) is 8.80. The van der Waals surface area contributed by atoms with E-state index in [2.05, 4.69) is 4.74 Å². The number of rotatable bonds is 6. The Bertz CT molecular complexity index is 639. The van der Waals surface area contributed by atoms with Crippen molar-refractivity contribution in [2.24, 2.45) is 0 Å². The Hall–Kier alpha value is -2.24. The van der Waals surface area contributed by atoms with Crippen LogP contribution < -0.4 is 9.47 Å². The van der Waals surface area contributed by atoms with Crippen LogP contribution in [0, 0.1) is 0 Å². The maximum atomic E-state index is 12.2. The monoisotopic (exact) mass is 347 g/mol. The molecule has 1 heterocycles. The summed E-state index contributed by atoms with van der Waals surface area (Å²) in [5, 5.41) is 0. The maximum Gasteiger partial charge on any atom is 0.325 e. The molecule has 1 saturated carbocycles. The summed E-state index contributed by atoms with van der Waals surface area (Å²) in [6.45, 7) is 0.524. The van der Waals surface area contributed by atoms with Crippen molar-refractivity contribution in [2.45, 2.75) is 44.1 Å². The molecule has 1 atom stereocenters. The molecule has 0 radical (unpaired) electrons. The molecular formula is C19H25NO5. The van der Waals surface area contributed by atoms with Crippen molar-refractivity contribution in [3.05, 3.63) is 23.8 Å². The number of nitrogens with zero attached hydrogens (tertiary/aromatic N) is 1. The largest absolute Gasteiger partial charge is 0.493 e. The smallest absolute Gasteiger partial charge is 0.325 e. The molecule has 0 N–H and O–H groups in total. The molecule has 136 valence electrons. The fraction of sp³-hybridized carbons (Fsp3) is 0.579. The zero-order chi connectivity index (χ0) is 17.8. The van der Waals surface area contributed by atoms with Crippen molar-refractivity contribution in [2.75, 3.05) is 27.3 Å². The summed E-state index contributed by atoms with van der Waals surface area (Å²) >= 11 is 0. The van der Waals surface area contributed by atoms with Gasteiger partial charge >= 0.3 is 5.97 Å². The molecule has 0 unspecified atom stereocenters. The molecular weight excluding hydrogens is 322 g/mol. The van der Waals surface area contributed by atoms with E-state index < -0.39 is 5.97 Å². The van der Waals surface area contributed by atoms with Crippen molar-refractivity contribution >= 4 is 11.9 Å². The average Bonchev–Trinajstić information content (AvgIpc) is 3.25. The van der Waals surface area contributed by atoms with Crippen molar-refractivity contribution in [1.82, 2.24) is 4.90 Å². The molecule has 1 aliphatic heterocycles. The second-order valence-corrected chi connectivity index (χ2v) is 6.69. The number of methoxy groups -OCH3 is 2. The highest BCUT2D eigenvalue weighted by Crippen LogP contribution is 2.36. The third-order valence-corrected chi connectivity index (χ3v) is 5.02. The molecule has 1 aromatic carbocycles. The molecule has 2 fully saturated rings. The molecule has 2 aliphatic rings. The number of likely N-dealkylation sites (tertiary alicyclic amines) is 1. The van der Waals surface area contributed by atoms with Crippen LogP contribution in [0.1, 0.15) is 43.6 Å². The van der Waals surface area contributed by atoms with Crippen LogP contribution in [0.4, 0.5) is 0 Å². The van der Waals surface area contributed by atoms with Gasteiger partial charge in [0.05, 0.1) is 20.3 Å². The van der Waals surface area contributed by atoms with E-state index in [1.165, 1.54) is 20.0 Å². The number of benzene rings is 1. The Morgan fingerprint density at radius 3 is 2.64 bits per heavy atom. The highest BCUT2D eigenvalue weighted by molar-refractivity contribution is 5.84. The van der Waals surface area contributed by atoms with Crippen molar-refractivity contribution < 1.29 is 23.8 Å². The van der Waals surface area contributed by atoms with Gasteiger partial charge in [-0.1, -0.05) is 6.07 Å². The minimum Gasteiger partial charge on any atom is -0.493 e. The van der Waals surface area contributed by atoms with Crippen LogP contribution in [0.2, 0.25) is 0 Å². The fourth-order valence-corrected chi connectivity index (χ4v) is 3.59. The molecule has 0 bridgehead atoms. The van der Waals surface area contributed by atoms with Gasteiger partial charge in [-0.05, 0) is 43.4 Å². The molecule has 0 spiro atoms.